The minimum absolute atomic E-state index is 0.0490. The Labute approximate surface area is 115 Å². The van der Waals surface area contributed by atoms with Gasteiger partial charge in [0.05, 0.1) is 6.42 Å². The molecule has 2 aromatic rings. The largest absolute Gasteiger partial charge is 0.426 e. The lowest BCUT2D eigenvalue weighted by Gasteiger charge is -2.07. The highest BCUT2D eigenvalue weighted by molar-refractivity contribution is 6.36. The van der Waals surface area contributed by atoms with Crippen LogP contribution < -0.4 is 4.74 Å². The topological polar surface area (TPSA) is 26.3 Å². The van der Waals surface area contributed by atoms with Gasteiger partial charge in [0.2, 0.25) is 0 Å². The summed E-state index contributed by atoms with van der Waals surface area (Å²) in [7, 11) is 0. The van der Waals surface area contributed by atoms with Crippen LogP contribution in [0.5, 0.6) is 5.75 Å². The first-order valence-corrected chi connectivity index (χ1v) is 6.11. The molecule has 0 aromatic heterocycles. The number of hydrogen-bond donors (Lipinski definition) is 0. The van der Waals surface area contributed by atoms with E-state index in [-0.39, 0.29) is 6.42 Å². The van der Waals surface area contributed by atoms with Crippen LogP contribution in [0.3, 0.4) is 0 Å². The average molecular weight is 281 g/mol. The zero-order chi connectivity index (χ0) is 13.0. The Kier molecular flexibility index (Phi) is 4.24. The summed E-state index contributed by atoms with van der Waals surface area (Å²) in [6, 6.07) is 14.0. The Bertz CT molecular complexity index is 533. The van der Waals surface area contributed by atoms with Gasteiger partial charge in [-0.2, -0.15) is 0 Å². The van der Waals surface area contributed by atoms with Gasteiger partial charge in [0, 0.05) is 15.6 Å². The third-order valence-electron chi connectivity index (χ3n) is 2.36. The molecule has 0 N–H and O–H groups in total. The third-order valence-corrected chi connectivity index (χ3v) is 3.07. The maximum absolute atomic E-state index is 11.7. The highest BCUT2D eigenvalue weighted by atomic mass is 35.5. The van der Waals surface area contributed by atoms with E-state index in [1.165, 1.54) is 0 Å². The zero-order valence-electron chi connectivity index (χ0n) is 9.40. The van der Waals surface area contributed by atoms with Crippen molar-refractivity contribution >= 4 is 29.2 Å². The van der Waals surface area contributed by atoms with Gasteiger partial charge in [0.25, 0.3) is 0 Å². The van der Waals surface area contributed by atoms with Gasteiger partial charge in [0.15, 0.2) is 0 Å². The van der Waals surface area contributed by atoms with E-state index in [4.69, 9.17) is 27.9 Å². The molecule has 0 fully saturated rings. The molecule has 0 aliphatic heterocycles. The zero-order valence-corrected chi connectivity index (χ0v) is 10.9. The van der Waals surface area contributed by atoms with Crippen LogP contribution in [0.15, 0.2) is 48.5 Å². The molecule has 0 saturated carbocycles. The second kappa shape index (κ2) is 5.89. The Hall–Kier alpha value is -1.51. The molecule has 2 nitrogen and oxygen atoms in total. The summed E-state index contributed by atoms with van der Waals surface area (Å²) in [5, 5.41) is 0.931. The van der Waals surface area contributed by atoms with E-state index in [1.807, 2.05) is 6.07 Å². The van der Waals surface area contributed by atoms with Crippen LogP contribution in [-0.4, -0.2) is 5.97 Å². The number of halogens is 2. The molecule has 0 bridgehead atoms. The van der Waals surface area contributed by atoms with Crippen molar-refractivity contribution in [3.8, 4) is 5.75 Å². The molecule has 0 heterocycles. The van der Waals surface area contributed by atoms with Gasteiger partial charge in [-0.1, -0.05) is 47.5 Å². The lowest BCUT2D eigenvalue weighted by atomic mass is 10.1. The summed E-state index contributed by atoms with van der Waals surface area (Å²) in [4.78, 5) is 11.7. The van der Waals surface area contributed by atoms with E-state index in [1.54, 1.807) is 42.5 Å². The third kappa shape index (κ3) is 3.25. The van der Waals surface area contributed by atoms with E-state index in [9.17, 15) is 4.79 Å². The van der Waals surface area contributed by atoms with Crippen molar-refractivity contribution < 1.29 is 9.53 Å². The predicted molar refractivity (Wildman–Crippen MR) is 72.2 cm³/mol. The van der Waals surface area contributed by atoms with Crippen molar-refractivity contribution in [3.63, 3.8) is 0 Å². The van der Waals surface area contributed by atoms with Crippen molar-refractivity contribution in [1.82, 2.24) is 0 Å². The molecule has 0 amide bonds. The fraction of sp³-hybridized carbons (Fsp3) is 0.0714. The smallest absolute Gasteiger partial charge is 0.315 e. The van der Waals surface area contributed by atoms with Crippen LogP contribution in [0, 0.1) is 0 Å². The molecular formula is C14H10Cl2O2. The van der Waals surface area contributed by atoms with Crippen LogP contribution in [0.25, 0.3) is 0 Å². The van der Waals surface area contributed by atoms with Gasteiger partial charge in [-0.25, -0.2) is 0 Å². The molecule has 18 heavy (non-hydrogen) atoms. The van der Waals surface area contributed by atoms with E-state index >= 15 is 0 Å². The number of carbonyl (C=O) groups is 1. The van der Waals surface area contributed by atoms with Crippen LogP contribution in [0.2, 0.25) is 10.0 Å². The van der Waals surface area contributed by atoms with E-state index in [0.717, 1.165) is 0 Å². The van der Waals surface area contributed by atoms with E-state index in [0.29, 0.717) is 21.4 Å². The molecule has 2 aromatic carbocycles. The standard InChI is InChI=1S/C14H10Cl2O2/c15-12-7-4-8-13(16)11(12)9-14(17)18-10-5-2-1-3-6-10/h1-8H,9H2. The van der Waals surface area contributed by atoms with Gasteiger partial charge in [0.1, 0.15) is 5.75 Å². The molecule has 2 rings (SSSR count). The molecule has 0 aliphatic rings. The first-order valence-electron chi connectivity index (χ1n) is 5.35. The normalized spacial score (nSPS) is 10.1. The Morgan fingerprint density at radius 2 is 1.56 bits per heavy atom. The van der Waals surface area contributed by atoms with E-state index in [2.05, 4.69) is 0 Å². The highest BCUT2D eigenvalue weighted by Crippen LogP contribution is 2.25. The van der Waals surface area contributed by atoms with Crippen molar-refractivity contribution in [1.29, 1.82) is 0 Å². The fourth-order valence-corrected chi connectivity index (χ4v) is 2.03. The number of ether oxygens (including phenoxy) is 1. The van der Waals surface area contributed by atoms with Crippen molar-refractivity contribution in [2.45, 2.75) is 6.42 Å². The number of benzene rings is 2. The minimum atomic E-state index is -0.392. The van der Waals surface area contributed by atoms with Gasteiger partial charge in [-0.05, 0) is 24.3 Å². The maximum Gasteiger partial charge on any atom is 0.315 e. The quantitative estimate of drug-likeness (QED) is 0.624. The molecule has 4 heteroatoms. The Morgan fingerprint density at radius 1 is 0.944 bits per heavy atom. The van der Waals surface area contributed by atoms with Gasteiger partial charge in [-0.15, -0.1) is 0 Å². The van der Waals surface area contributed by atoms with Crippen molar-refractivity contribution in [3.05, 3.63) is 64.1 Å². The summed E-state index contributed by atoms with van der Waals surface area (Å²) in [6.45, 7) is 0. The molecule has 0 unspecified atom stereocenters. The summed E-state index contributed by atoms with van der Waals surface area (Å²) >= 11 is 12.0. The first-order chi connectivity index (χ1) is 8.66. The number of para-hydroxylation sites is 1. The van der Waals surface area contributed by atoms with Gasteiger partial charge in [-0.3, -0.25) is 4.79 Å². The number of rotatable bonds is 3. The Balaban J connectivity index is 2.08. The fourth-order valence-electron chi connectivity index (χ4n) is 1.50. The van der Waals surface area contributed by atoms with Gasteiger partial charge >= 0.3 is 5.97 Å². The summed E-state index contributed by atoms with van der Waals surface area (Å²) < 4.78 is 5.17. The lowest BCUT2D eigenvalue weighted by Crippen LogP contribution is -2.11. The first kappa shape index (κ1) is 12.9. The SMILES string of the molecule is O=C(Cc1c(Cl)cccc1Cl)Oc1ccccc1. The molecular weight excluding hydrogens is 271 g/mol. The number of esters is 1. The van der Waals surface area contributed by atoms with Crippen LogP contribution in [0.4, 0.5) is 0 Å². The average Bonchev–Trinajstić information content (AvgIpc) is 2.35. The molecule has 0 radical (unpaired) electrons. The molecule has 0 atom stereocenters. The summed E-state index contributed by atoms with van der Waals surface area (Å²) in [6.07, 6.45) is 0.0490. The van der Waals surface area contributed by atoms with Crippen molar-refractivity contribution in [2.75, 3.05) is 0 Å². The number of carbonyl (C=O) groups excluding carboxylic acids is 1. The minimum Gasteiger partial charge on any atom is -0.426 e. The van der Waals surface area contributed by atoms with Crippen LogP contribution >= 0.6 is 23.2 Å². The monoisotopic (exact) mass is 280 g/mol. The second-order valence-corrected chi connectivity index (χ2v) is 4.48. The van der Waals surface area contributed by atoms with Crippen LogP contribution in [-0.2, 0) is 11.2 Å². The molecule has 0 spiro atoms. The highest BCUT2D eigenvalue weighted by Gasteiger charge is 2.12. The van der Waals surface area contributed by atoms with E-state index < -0.39 is 5.97 Å². The van der Waals surface area contributed by atoms with Crippen LogP contribution in [0.1, 0.15) is 5.56 Å². The second-order valence-electron chi connectivity index (χ2n) is 3.66. The number of hydrogen-bond acceptors (Lipinski definition) is 2. The summed E-state index contributed by atoms with van der Waals surface area (Å²) in [5.41, 5.74) is 0.585. The predicted octanol–water partition coefficient (Wildman–Crippen LogP) is 4.14. The molecule has 92 valence electrons. The molecule has 0 aliphatic carbocycles. The molecule has 0 saturated heterocycles. The Morgan fingerprint density at radius 3 is 2.17 bits per heavy atom. The van der Waals surface area contributed by atoms with Crippen molar-refractivity contribution in [2.24, 2.45) is 0 Å². The van der Waals surface area contributed by atoms with Gasteiger partial charge < -0.3 is 4.74 Å². The lowest BCUT2D eigenvalue weighted by molar-refractivity contribution is -0.133. The maximum atomic E-state index is 11.7. The summed E-state index contributed by atoms with van der Waals surface area (Å²) in [5.74, 6) is 0.113.